The van der Waals surface area contributed by atoms with Crippen molar-refractivity contribution in [1.82, 2.24) is 4.57 Å². The summed E-state index contributed by atoms with van der Waals surface area (Å²) in [6.45, 7) is 0. The van der Waals surface area contributed by atoms with Crippen molar-refractivity contribution in [3.63, 3.8) is 0 Å². The molecule has 68 heavy (non-hydrogen) atoms. The van der Waals surface area contributed by atoms with E-state index in [4.69, 9.17) is 0 Å². The van der Waals surface area contributed by atoms with Crippen molar-refractivity contribution in [3.8, 4) is 72.4 Å². The molecule has 11 aromatic carbocycles. The minimum atomic E-state index is 1.10. The van der Waals surface area contributed by atoms with Gasteiger partial charge in [-0.1, -0.05) is 206 Å². The standard InChI is InChI=1S/C66H46N2/c1-5-13-47(14-6-1)50-21-25-52(26-22-50)54-29-37-60(38-30-54)67(59-19-11-4-12-20-59)61-39-33-56(34-40-61)58-36-44-66-64(46-58)63-45-57(49-17-9-3-10-18-49)35-43-65(63)68(66)62-41-31-55(32-42-62)53-27-23-51(24-28-53)48-15-7-2-8-16-48/h1-46H. The molecule has 0 aliphatic carbocycles. The first kappa shape index (κ1) is 40.5. The third-order valence-electron chi connectivity index (χ3n) is 13.2. The molecule has 12 aromatic rings. The first-order valence-corrected chi connectivity index (χ1v) is 23.3. The Balaban J connectivity index is 0.877. The summed E-state index contributed by atoms with van der Waals surface area (Å²) in [5.74, 6) is 0. The maximum Gasteiger partial charge on any atom is 0.0541 e. The van der Waals surface area contributed by atoms with Crippen LogP contribution in [0.25, 0.3) is 94.3 Å². The molecule has 0 saturated carbocycles. The lowest BCUT2D eigenvalue weighted by atomic mass is 9.99. The third kappa shape index (κ3) is 7.85. The number of hydrogen-bond donors (Lipinski definition) is 0. The molecule has 0 aliphatic heterocycles. The zero-order chi connectivity index (χ0) is 45.2. The Bertz CT molecular complexity index is 3640. The fourth-order valence-electron chi connectivity index (χ4n) is 9.70. The van der Waals surface area contributed by atoms with Crippen LogP contribution < -0.4 is 4.90 Å². The zero-order valence-corrected chi connectivity index (χ0v) is 37.5. The Hall–Kier alpha value is -8.98. The molecule has 0 bridgehead atoms. The number of anilines is 3. The highest BCUT2D eigenvalue weighted by Gasteiger charge is 2.17. The van der Waals surface area contributed by atoms with Crippen LogP contribution in [-0.2, 0) is 0 Å². The van der Waals surface area contributed by atoms with Crippen molar-refractivity contribution in [3.05, 3.63) is 279 Å². The van der Waals surface area contributed by atoms with Gasteiger partial charge in [0, 0.05) is 33.5 Å². The topological polar surface area (TPSA) is 8.17 Å². The summed E-state index contributed by atoms with van der Waals surface area (Å²) in [7, 11) is 0. The molecular weight excluding hydrogens is 821 g/mol. The van der Waals surface area contributed by atoms with E-state index >= 15 is 0 Å². The Morgan fingerprint density at radius 3 is 0.824 bits per heavy atom. The molecule has 2 heteroatoms. The number of nitrogens with zero attached hydrogens (tertiary/aromatic N) is 2. The molecule has 0 N–H and O–H groups in total. The zero-order valence-electron chi connectivity index (χ0n) is 37.5. The summed E-state index contributed by atoms with van der Waals surface area (Å²) in [4.78, 5) is 2.33. The average molecular weight is 867 g/mol. The Kier molecular flexibility index (Phi) is 10.6. The first-order valence-electron chi connectivity index (χ1n) is 23.3. The summed E-state index contributed by atoms with van der Waals surface area (Å²) in [5.41, 5.74) is 21.2. The van der Waals surface area contributed by atoms with Gasteiger partial charge in [0.1, 0.15) is 0 Å². The highest BCUT2D eigenvalue weighted by atomic mass is 15.1. The second-order valence-electron chi connectivity index (χ2n) is 17.4. The summed E-state index contributed by atoms with van der Waals surface area (Å²) in [5, 5.41) is 2.45. The number of benzene rings is 11. The molecule has 0 atom stereocenters. The van der Waals surface area contributed by atoms with Gasteiger partial charge in [-0.05, 0) is 140 Å². The maximum absolute atomic E-state index is 2.41. The molecular formula is C66H46N2. The van der Waals surface area contributed by atoms with Gasteiger partial charge >= 0.3 is 0 Å². The minimum Gasteiger partial charge on any atom is -0.311 e. The molecule has 0 fully saturated rings. The van der Waals surface area contributed by atoms with Gasteiger partial charge < -0.3 is 9.47 Å². The number of para-hydroxylation sites is 1. The number of aromatic nitrogens is 1. The van der Waals surface area contributed by atoms with Crippen molar-refractivity contribution >= 4 is 38.9 Å². The lowest BCUT2D eigenvalue weighted by Gasteiger charge is -2.26. The lowest BCUT2D eigenvalue weighted by molar-refractivity contribution is 1.18. The number of rotatable bonds is 10. The molecule has 12 rings (SSSR count). The van der Waals surface area contributed by atoms with Crippen molar-refractivity contribution in [2.45, 2.75) is 0 Å². The second-order valence-corrected chi connectivity index (χ2v) is 17.4. The van der Waals surface area contributed by atoms with Crippen LogP contribution in [-0.4, -0.2) is 4.57 Å². The molecule has 320 valence electrons. The van der Waals surface area contributed by atoms with E-state index in [0.29, 0.717) is 0 Å². The van der Waals surface area contributed by atoms with Crippen LogP contribution in [0.5, 0.6) is 0 Å². The van der Waals surface area contributed by atoms with Crippen molar-refractivity contribution < 1.29 is 0 Å². The van der Waals surface area contributed by atoms with Gasteiger partial charge in [-0.25, -0.2) is 0 Å². The molecule has 1 heterocycles. The molecule has 0 spiro atoms. The van der Waals surface area contributed by atoms with E-state index in [-0.39, 0.29) is 0 Å². The van der Waals surface area contributed by atoms with E-state index in [1.165, 1.54) is 88.6 Å². The van der Waals surface area contributed by atoms with E-state index in [1.54, 1.807) is 0 Å². The van der Waals surface area contributed by atoms with E-state index in [0.717, 1.165) is 22.7 Å². The van der Waals surface area contributed by atoms with Gasteiger partial charge in [-0.3, -0.25) is 0 Å². The quantitative estimate of drug-likeness (QED) is 0.133. The molecule has 0 amide bonds. The van der Waals surface area contributed by atoms with E-state index in [9.17, 15) is 0 Å². The van der Waals surface area contributed by atoms with Gasteiger partial charge in [0.2, 0.25) is 0 Å². The molecule has 2 nitrogen and oxygen atoms in total. The van der Waals surface area contributed by atoms with Crippen LogP contribution in [0.2, 0.25) is 0 Å². The highest BCUT2D eigenvalue weighted by molar-refractivity contribution is 6.11. The van der Waals surface area contributed by atoms with E-state index in [1.807, 2.05) is 0 Å². The first-order chi connectivity index (χ1) is 33.7. The fraction of sp³-hybridized carbons (Fsp3) is 0. The van der Waals surface area contributed by atoms with Crippen LogP contribution in [0.1, 0.15) is 0 Å². The Labute approximate surface area is 397 Å². The monoisotopic (exact) mass is 866 g/mol. The second kappa shape index (κ2) is 17.8. The van der Waals surface area contributed by atoms with Gasteiger partial charge in [0.05, 0.1) is 11.0 Å². The van der Waals surface area contributed by atoms with E-state index in [2.05, 4.69) is 289 Å². The largest absolute Gasteiger partial charge is 0.311 e. The van der Waals surface area contributed by atoms with Crippen LogP contribution in [0.3, 0.4) is 0 Å². The fourth-order valence-corrected chi connectivity index (χ4v) is 9.70. The molecule has 1 aromatic heterocycles. The summed E-state index contributed by atoms with van der Waals surface area (Å²) < 4.78 is 2.41. The summed E-state index contributed by atoms with van der Waals surface area (Å²) in [6, 6.07) is 101. The maximum atomic E-state index is 2.41. The molecule has 0 radical (unpaired) electrons. The average Bonchev–Trinajstić information content (AvgIpc) is 3.75. The third-order valence-corrected chi connectivity index (χ3v) is 13.2. The van der Waals surface area contributed by atoms with Gasteiger partial charge in [-0.2, -0.15) is 0 Å². The van der Waals surface area contributed by atoms with E-state index < -0.39 is 0 Å². The van der Waals surface area contributed by atoms with Crippen LogP contribution >= 0.6 is 0 Å². The summed E-state index contributed by atoms with van der Waals surface area (Å²) >= 11 is 0. The summed E-state index contributed by atoms with van der Waals surface area (Å²) in [6.07, 6.45) is 0. The van der Waals surface area contributed by atoms with Crippen molar-refractivity contribution in [2.24, 2.45) is 0 Å². The van der Waals surface area contributed by atoms with Gasteiger partial charge in [0.15, 0.2) is 0 Å². The Morgan fingerprint density at radius 1 is 0.206 bits per heavy atom. The molecule has 0 aliphatic rings. The van der Waals surface area contributed by atoms with Crippen molar-refractivity contribution in [2.75, 3.05) is 4.90 Å². The van der Waals surface area contributed by atoms with Crippen LogP contribution in [0, 0.1) is 0 Å². The van der Waals surface area contributed by atoms with Gasteiger partial charge in [0.25, 0.3) is 0 Å². The van der Waals surface area contributed by atoms with Crippen LogP contribution in [0.15, 0.2) is 279 Å². The van der Waals surface area contributed by atoms with Crippen molar-refractivity contribution in [1.29, 1.82) is 0 Å². The smallest absolute Gasteiger partial charge is 0.0541 e. The molecule has 0 unspecified atom stereocenters. The molecule has 0 saturated heterocycles. The Morgan fingerprint density at radius 2 is 0.456 bits per heavy atom. The lowest BCUT2D eigenvalue weighted by Crippen LogP contribution is -2.09. The SMILES string of the molecule is c1ccc(-c2ccc(-c3ccc(N(c4ccccc4)c4ccc(-c5ccc6c(c5)c5cc(-c7ccccc7)ccc5n6-c5ccc(-c6ccc(-c7ccccc7)cc6)cc5)cc4)cc3)cc2)cc1. The number of fused-ring (bicyclic) bond motifs is 3. The highest BCUT2D eigenvalue weighted by Crippen LogP contribution is 2.40. The number of hydrogen-bond acceptors (Lipinski definition) is 1. The van der Waals surface area contributed by atoms with Crippen LogP contribution in [0.4, 0.5) is 17.1 Å². The minimum absolute atomic E-state index is 1.10. The predicted molar refractivity (Wildman–Crippen MR) is 288 cm³/mol. The van der Waals surface area contributed by atoms with Gasteiger partial charge in [-0.15, -0.1) is 0 Å². The predicted octanol–water partition coefficient (Wildman–Crippen LogP) is 18.3. The normalized spacial score (nSPS) is 11.2.